The Bertz CT molecular complexity index is 378. The van der Waals surface area contributed by atoms with Gasteiger partial charge in [-0.2, -0.15) is 0 Å². The van der Waals surface area contributed by atoms with E-state index in [0.717, 1.165) is 4.47 Å². The molecular formula is C11H13BrO4. The smallest absolute Gasteiger partial charge is 0.308 e. The van der Waals surface area contributed by atoms with Crippen LogP contribution >= 0.6 is 15.9 Å². The molecule has 0 aromatic heterocycles. The summed E-state index contributed by atoms with van der Waals surface area (Å²) >= 11 is 3.31. The van der Waals surface area contributed by atoms with Crippen molar-refractivity contribution in [2.24, 2.45) is 0 Å². The number of methoxy groups -OCH3 is 2. The fraction of sp³-hybridized carbons (Fsp3) is 0.364. The zero-order chi connectivity index (χ0) is 12.1. The zero-order valence-electron chi connectivity index (χ0n) is 9.07. The second kappa shape index (κ2) is 5.86. The van der Waals surface area contributed by atoms with E-state index >= 15 is 0 Å². The van der Waals surface area contributed by atoms with Crippen LogP contribution < -0.4 is 4.74 Å². The Morgan fingerprint density at radius 2 is 2.19 bits per heavy atom. The average Bonchev–Trinajstić information content (AvgIpc) is 2.29. The van der Waals surface area contributed by atoms with Crippen molar-refractivity contribution >= 4 is 21.9 Å². The van der Waals surface area contributed by atoms with Crippen LogP contribution in [0.3, 0.4) is 0 Å². The third-order valence-corrected chi connectivity index (χ3v) is 2.80. The van der Waals surface area contributed by atoms with E-state index in [0.29, 0.717) is 11.3 Å². The molecule has 0 amide bonds. The van der Waals surface area contributed by atoms with Gasteiger partial charge in [0.1, 0.15) is 5.75 Å². The molecule has 0 bridgehead atoms. The van der Waals surface area contributed by atoms with E-state index in [9.17, 15) is 9.90 Å². The van der Waals surface area contributed by atoms with Crippen molar-refractivity contribution in [1.29, 1.82) is 0 Å². The molecule has 5 heteroatoms. The highest BCUT2D eigenvalue weighted by atomic mass is 79.9. The first-order valence-electron chi connectivity index (χ1n) is 4.66. The van der Waals surface area contributed by atoms with Gasteiger partial charge in [-0.25, -0.2) is 0 Å². The number of hydrogen-bond donors (Lipinski definition) is 1. The molecule has 4 nitrogen and oxygen atoms in total. The normalized spacial score (nSPS) is 12.0. The standard InChI is InChI=1S/C11H13BrO4/c1-15-10-5-7(3-4-8(10)12)9(13)6-11(14)16-2/h3-5,9,13H,6H2,1-2H3/t9-/m0/s1. The molecule has 0 heterocycles. The van der Waals surface area contributed by atoms with Crippen LogP contribution in [0.1, 0.15) is 18.1 Å². The first-order chi connectivity index (χ1) is 7.58. The van der Waals surface area contributed by atoms with Crippen LogP contribution in [-0.4, -0.2) is 25.3 Å². The molecule has 0 spiro atoms. The molecule has 1 aromatic rings. The number of halogens is 1. The second-order valence-corrected chi connectivity index (χ2v) is 4.04. The monoisotopic (exact) mass is 288 g/mol. The fourth-order valence-corrected chi connectivity index (χ4v) is 1.65. The van der Waals surface area contributed by atoms with Crippen molar-refractivity contribution in [3.63, 3.8) is 0 Å². The lowest BCUT2D eigenvalue weighted by atomic mass is 10.1. The van der Waals surface area contributed by atoms with E-state index in [-0.39, 0.29) is 6.42 Å². The Kier molecular flexibility index (Phi) is 4.76. The first kappa shape index (κ1) is 13.0. The minimum atomic E-state index is -0.880. The molecule has 1 atom stereocenters. The summed E-state index contributed by atoms with van der Waals surface area (Å²) in [4.78, 5) is 11.0. The molecular weight excluding hydrogens is 276 g/mol. The topological polar surface area (TPSA) is 55.8 Å². The van der Waals surface area contributed by atoms with E-state index in [2.05, 4.69) is 20.7 Å². The summed E-state index contributed by atoms with van der Waals surface area (Å²) in [5.41, 5.74) is 0.616. The average molecular weight is 289 g/mol. The van der Waals surface area contributed by atoms with E-state index in [4.69, 9.17) is 4.74 Å². The number of ether oxygens (including phenoxy) is 2. The Morgan fingerprint density at radius 1 is 1.50 bits per heavy atom. The maximum Gasteiger partial charge on any atom is 0.308 e. The number of carbonyl (C=O) groups excluding carboxylic acids is 1. The third-order valence-electron chi connectivity index (χ3n) is 2.15. The molecule has 0 aliphatic carbocycles. The van der Waals surface area contributed by atoms with Gasteiger partial charge in [0.15, 0.2) is 0 Å². The van der Waals surface area contributed by atoms with Crippen molar-refractivity contribution in [1.82, 2.24) is 0 Å². The van der Waals surface area contributed by atoms with Gasteiger partial charge < -0.3 is 14.6 Å². The van der Waals surface area contributed by atoms with Gasteiger partial charge in [-0.3, -0.25) is 4.79 Å². The molecule has 0 radical (unpaired) electrons. The van der Waals surface area contributed by atoms with E-state index in [1.807, 2.05) is 0 Å². The minimum absolute atomic E-state index is 0.0682. The zero-order valence-corrected chi connectivity index (χ0v) is 10.7. The molecule has 0 unspecified atom stereocenters. The van der Waals surface area contributed by atoms with Crippen LogP contribution in [0, 0.1) is 0 Å². The van der Waals surface area contributed by atoms with E-state index in [1.165, 1.54) is 14.2 Å². The predicted molar refractivity (Wildman–Crippen MR) is 62.3 cm³/mol. The summed E-state index contributed by atoms with van der Waals surface area (Å²) in [6, 6.07) is 5.16. The number of aliphatic hydroxyl groups excluding tert-OH is 1. The minimum Gasteiger partial charge on any atom is -0.496 e. The van der Waals surface area contributed by atoms with Crippen LogP contribution in [0.5, 0.6) is 5.75 Å². The van der Waals surface area contributed by atoms with Gasteiger partial charge in [-0.1, -0.05) is 6.07 Å². The number of aliphatic hydroxyl groups is 1. The van der Waals surface area contributed by atoms with Gasteiger partial charge in [0.05, 0.1) is 31.2 Å². The van der Waals surface area contributed by atoms with Crippen molar-refractivity contribution < 1.29 is 19.4 Å². The van der Waals surface area contributed by atoms with E-state index < -0.39 is 12.1 Å². The third kappa shape index (κ3) is 3.21. The van der Waals surface area contributed by atoms with Crippen molar-refractivity contribution in [2.45, 2.75) is 12.5 Å². The Hall–Kier alpha value is -1.07. The summed E-state index contributed by atoms with van der Waals surface area (Å²) in [6.07, 6.45) is -0.948. The van der Waals surface area contributed by atoms with Gasteiger partial charge >= 0.3 is 5.97 Å². The molecule has 1 N–H and O–H groups in total. The highest BCUT2D eigenvalue weighted by Gasteiger charge is 2.14. The maximum atomic E-state index is 11.0. The quantitative estimate of drug-likeness (QED) is 0.862. The van der Waals surface area contributed by atoms with Crippen LogP contribution in [0.4, 0.5) is 0 Å². The maximum absolute atomic E-state index is 11.0. The molecule has 0 fully saturated rings. The summed E-state index contributed by atoms with van der Waals surface area (Å²) in [5, 5.41) is 9.76. The highest BCUT2D eigenvalue weighted by molar-refractivity contribution is 9.10. The number of carbonyl (C=O) groups is 1. The number of benzene rings is 1. The molecule has 1 aromatic carbocycles. The Labute approximate surface area is 102 Å². The SMILES string of the molecule is COC(=O)C[C@H](O)c1ccc(Br)c(OC)c1. The molecule has 0 aliphatic rings. The first-order valence-corrected chi connectivity index (χ1v) is 5.46. The van der Waals surface area contributed by atoms with Crippen molar-refractivity contribution in [2.75, 3.05) is 14.2 Å². The van der Waals surface area contributed by atoms with Crippen LogP contribution in [0.2, 0.25) is 0 Å². The molecule has 0 saturated carbocycles. The Balaban J connectivity index is 2.83. The number of rotatable bonds is 4. The molecule has 1 rings (SSSR count). The second-order valence-electron chi connectivity index (χ2n) is 3.19. The lowest BCUT2D eigenvalue weighted by Crippen LogP contribution is -2.08. The van der Waals surface area contributed by atoms with Crippen molar-refractivity contribution in [3.8, 4) is 5.75 Å². The number of esters is 1. The van der Waals surface area contributed by atoms with Crippen LogP contribution in [-0.2, 0) is 9.53 Å². The largest absolute Gasteiger partial charge is 0.496 e. The molecule has 88 valence electrons. The summed E-state index contributed by atoms with van der Waals surface area (Å²) < 4.78 is 10.4. The highest BCUT2D eigenvalue weighted by Crippen LogP contribution is 2.29. The molecule has 0 saturated heterocycles. The Morgan fingerprint density at radius 3 is 2.75 bits per heavy atom. The summed E-state index contributed by atoms with van der Waals surface area (Å²) in [7, 11) is 2.83. The van der Waals surface area contributed by atoms with E-state index in [1.54, 1.807) is 18.2 Å². The van der Waals surface area contributed by atoms with Crippen LogP contribution in [0.25, 0.3) is 0 Å². The lowest BCUT2D eigenvalue weighted by Gasteiger charge is -2.11. The lowest BCUT2D eigenvalue weighted by molar-refractivity contribution is -0.142. The molecule has 16 heavy (non-hydrogen) atoms. The van der Waals surface area contributed by atoms with Crippen molar-refractivity contribution in [3.05, 3.63) is 28.2 Å². The van der Waals surface area contributed by atoms with Gasteiger partial charge in [-0.15, -0.1) is 0 Å². The van der Waals surface area contributed by atoms with Crippen LogP contribution in [0.15, 0.2) is 22.7 Å². The van der Waals surface area contributed by atoms with Gasteiger partial charge in [0.25, 0.3) is 0 Å². The summed E-state index contributed by atoms with van der Waals surface area (Å²) in [5.74, 6) is 0.163. The van der Waals surface area contributed by atoms with Gasteiger partial charge in [0.2, 0.25) is 0 Å². The predicted octanol–water partition coefficient (Wildman–Crippen LogP) is 2.05. The number of hydrogen-bond acceptors (Lipinski definition) is 4. The van der Waals surface area contributed by atoms with Gasteiger partial charge in [0, 0.05) is 0 Å². The summed E-state index contributed by atoms with van der Waals surface area (Å²) in [6.45, 7) is 0. The van der Waals surface area contributed by atoms with Gasteiger partial charge in [-0.05, 0) is 33.6 Å². The molecule has 0 aliphatic heterocycles. The fourth-order valence-electron chi connectivity index (χ4n) is 1.24.